The van der Waals surface area contributed by atoms with Gasteiger partial charge in [0.25, 0.3) is 0 Å². The molecule has 0 spiro atoms. The van der Waals surface area contributed by atoms with Gasteiger partial charge >= 0.3 is 0 Å². The van der Waals surface area contributed by atoms with Crippen molar-refractivity contribution in [3.8, 4) is 11.5 Å². The molecule has 2 aromatic carbocycles. The van der Waals surface area contributed by atoms with Crippen LogP contribution >= 0.6 is 59.0 Å². The first-order valence-corrected chi connectivity index (χ1v) is 12.2. The van der Waals surface area contributed by atoms with Crippen LogP contribution in [-0.4, -0.2) is 39.1 Å². The third-order valence-electron chi connectivity index (χ3n) is 4.40. The molecule has 0 atom stereocenters. The van der Waals surface area contributed by atoms with E-state index in [-0.39, 0.29) is 19.0 Å². The third-order valence-corrected chi connectivity index (χ3v) is 6.36. The molecule has 1 heterocycles. The van der Waals surface area contributed by atoms with Crippen LogP contribution in [-0.2, 0) is 20.2 Å². The molecule has 0 bridgehead atoms. The van der Waals surface area contributed by atoms with Crippen LogP contribution < -0.4 is 14.8 Å². The molecule has 7 nitrogen and oxygen atoms in total. The maximum atomic E-state index is 6.52. The van der Waals surface area contributed by atoms with Crippen LogP contribution in [0.5, 0.6) is 11.5 Å². The smallest absolute Gasteiger partial charge is 0.209 e. The standard InChI is InChI=1S/C21H24Cl3N5O2S.ClH/c1-3-30-19-10-14(12-25-7-4-8-32-21-26-27-28-29(21)2)9-18(24)20(19)31-13-15-5-6-16(22)11-17(15)23;/h5-6,9-11,25H,3-4,7-8,12-13H2,1-2H3;1H. The normalized spacial score (nSPS) is 10.7. The Morgan fingerprint density at radius 1 is 1.09 bits per heavy atom. The van der Waals surface area contributed by atoms with Crippen LogP contribution in [0.25, 0.3) is 0 Å². The monoisotopic (exact) mass is 551 g/mol. The van der Waals surface area contributed by atoms with Gasteiger partial charge in [0, 0.05) is 35.0 Å². The largest absolute Gasteiger partial charge is 0.490 e. The number of thioether (sulfide) groups is 1. The summed E-state index contributed by atoms with van der Waals surface area (Å²) < 4.78 is 13.4. The molecule has 12 heteroatoms. The van der Waals surface area contributed by atoms with Crippen LogP contribution in [0.4, 0.5) is 0 Å². The second-order valence-corrected chi connectivity index (χ2v) is 9.14. The lowest BCUT2D eigenvalue weighted by atomic mass is 10.2. The minimum atomic E-state index is 0. The van der Waals surface area contributed by atoms with E-state index in [0.29, 0.717) is 39.7 Å². The van der Waals surface area contributed by atoms with E-state index < -0.39 is 0 Å². The number of aromatic nitrogens is 4. The molecule has 1 N–H and O–H groups in total. The number of nitrogens with one attached hydrogen (secondary N) is 1. The zero-order valence-electron chi connectivity index (χ0n) is 18.2. The van der Waals surface area contributed by atoms with Gasteiger partial charge in [0.1, 0.15) is 6.61 Å². The lowest BCUT2D eigenvalue weighted by molar-refractivity contribution is 0.269. The summed E-state index contributed by atoms with van der Waals surface area (Å²) in [7, 11) is 1.83. The summed E-state index contributed by atoms with van der Waals surface area (Å²) in [6.45, 7) is 4.20. The Labute approximate surface area is 218 Å². The first-order valence-electron chi connectivity index (χ1n) is 10.1. The van der Waals surface area contributed by atoms with E-state index in [2.05, 4.69) is 20.8 Å². The zero-order chi connectivity index (χ0) is 22.9. The van der Waals surface area contributed by atoms with Gasteiger partial charge in [-0.25, -0.2) is 4.68 Å². The summed E-state index contributed by atoms with van der Waals surface area (Å²) in [5.41, 5.74) is 1.83. The van der Waals surface area contributed by atoms with Gasteiger partial charge in [-0.15, -0.1) is 17.5 Å². The van der Waals surface area contributed by atoms with Crippen LogP contribution in [0.3, 0.4) is 0 Å². The number of hydrogen-bond donors (Lipinski definition) is 1. The van der Waals surface area contributed by atoms with Gasteiger partial charge in [0.05, 0.1) is 11.6 Å². The highest BCUT2D eigenvalue weighted by molar-refractivity contribution is 7.99. The van der Waals surface area contributed by atoms with Crippen molar-refractivity contribution in [1.29, 1.82) is 0 Å². The summed E-state index contributed by atoms with van der Waals surface area (Å²) in [5, 5.41) is 17.3. The highest BCUT2D eigenvalue weighted by Crippen LogP contribution is 2.37. The molecule has 3 rings (SSSR count). The van der Waals surface area contributed by atoms with Gasteiger partial charge in [-0.3, -0.25) is 0 Å². The molecule has 0 radical (unpaired) electrons. The molecule has 0 aliphatic rings. The van der Waals surface area contributed by atoms with E-state index in [9.17, 15) is 0 Å². The minimum absolute atomic E-state index is 0. The maximum Gasteiger partial charge on any atom is 0.209 e. The number of tetrazole rings is 1. The quantitative estimate of drug-likeness (QED) is 0.223. The Bertz CT molecular complexity index is 1040. The minimum Gasteiger partial charge on any atom is -0.490 e. The number of nitrogens with zero attached hydrogens (tertiary/aromatic N) is 4. The van der Waals surface area contributed by atoms with Crippen molar-refractivity contribution in [2.45, 2.75) is 31.7 Å². The first kappa shape index (κ1) is 27.8. The van der Waals surface area contributed by atoms with Gasteiger partial charge in [0.15, 0.2) is 11.5 Å². The second kappa shape index (κ2) is 14.1. The maximum absolute atomic E-state index is 6.52. The molecule has 0 saturated heterocycles. The topological polar surface area (TPSA) is 74.1 Å². The number of ether oxygens (including phenoxy) is 2. The summed E-state index contributed by atoms with van der Waals surface area (Å²) in [4.78, 5) is 0. The number of aryl methyl sites for hydroxylation is 1. The Morgan fingerprint density at radius 2 is 1.91 bits per heavy atom. The highest BCUT2D eigenvalue weighted by Gasteiger charge is 2.14. The zero-order valence-corrected chi connectivity index (χ0v) is 22.1. The van der Waals surface area contributed by atoms with Gasteiger partial charge in [-0.2, -0.15) is 0 Å². The van der Waals surface area contributed by atoms with Crippen LogP contribution in [0.15, 0.2) is 35.5 Å². The van der Waals surface area contributed by atoms with E-state index in [1.54, 1.807) is 28.6 Å². The molecule has 180 valence electrons. The molecule has 0 unspecified atom stereocenters. The SMILES string of the molecule is CCOc1cc(CNCCCSc2nnnn2C)cc(Cl)c1OCc1ccc(Cl)cc1Cl.Cl. The molecule has 0 amide bonds. The van der Waals surface area contributed by atoms with Crippen molar-refractivity contribution >= 4 is 59.0 Å². The third kappa shape index (κ3) is 8.38. The molecule has 1 aromatic heterocycles. The van der Waals surface area contributed by atoms with Crippen molar-refractivity contribution in [3.63, 3.8) is 0 Å². The van der Waals surface area contributed by atoms with Crippen molar-refractivity contribution in [2.75, 3.05) is 18.9 Å². The van der Waals surface area contributed by atoms with E-state index in [0.717, 1.165) is 35.0 Å². The molecular weight excluding hydrogens is 528 g/mol. The number of halogens is 4. The van der Waals surface area contributed by atoms with E-state index in [1.165, 1.54) is 0 Å². The summed E-state index contributed by atoms with van der Waals surface area (Å²) in [6, 6.07) is 9.12. The van der Waals surface area contributed by atoms with Crippen LogP contribution in [0, 0.1) is 0 Å². The molecular formula is C21H25Cl4N5O2S. The fourth-order valence-corrected chi connectivity index (χ4v) is 4.39. The predicted octanol–water partition coefficient (Wildman–Crippen LogP) is 5.84. The Hall–Kier alpha value is -1.42. The van der Waals surface area contributed by atoms with Gasteiger partial charge in [-0.1, -0.05) is 52.6 Å². The van der Waals surface area contributed by atoms with E-state index in [1.807, 2.05) is 32.2 Å². The number of hydrogen-bond acceptors (Lipinski definition) is 7. The lowest BCUT2D eigenvalue weighted by Crippen LogP contribution is -2.15. The lowest BCUT2D eigenvalue weighted by Gasteiger charge is -2.16. The van der Waals surface area contributed by atoms with Crippen LogP contribution in [0.2, 0.25) is 15.1 Å². The van der Waals surface area contributed by atoms with Gasteiger partial charge in [-0.05, 0) is 60.1 Å². The highest BCUT2D eigenvalue weighted by atomic mass is 35.5. The molecule has 33 heavy (non-hydrogen) atoms. The Morgan fingerprint density at radius 3 is 2.61 bits per heavy atom. The molecule has 0 saturated carbocycles. The Balaban J connectivity index is 0.00000385. The average molecular weight is 553 g/mol. The van der Waals surface area contributed by atoms with Crippen molar-refractivity contribution in [3.05, 3.63) is 56.5 Å². The van der Waals surface area contributed by atoms with Crippen molar-refractivity contribution in [2.24, 2.45) is 7.05 Å². The average Bonchev–Trinajstić information content (AvgIpc) is 3.16. The fraction of sp³-hybridized carbons (Fsp3) is 0.381. The number of rotatable bonds is 12. The second-order valence-electron chi connectivity index (χ2n) is 6.83. The van der Waals surface area contributed by atoms with Crippen LogP contribution in [0.1, 0.15) is 24.5 Å². The van der Waals surface area contributed by atoms with E-state index in [4.69, 9.17) is 44.3 Å². The predicted molar refractivity (Wildman–Crippen MR) is 137 cm³/mol. The number of benzene rings is 2. The molecule has 3 aromatic rings. The van der Waals surface area contributed by atoms with E-state index >= 15 is 0 Å². The Kier molecular flexibility index (Phi) is 11.9. The van der Waals surface area contributed by atoms with Crippen molar-refractivity contribution < 1.29 is 9.47 Å². The molecule has 0 aliphatic carbocycles. The molecule has 0 fully saturated rings. The summed E-state index contributed by atoms with van der Waals surface area (Å²) >= 11 is 20.4. The van der Waals surface area contributed by atoms with Gasteiger partial charge < -0.3 is 14.8 Å². The summed E-state index contributed by atoms with van der Waals surface area (Å²) in [6.07, 6.45) is 0.979. The fourth-order valence-electron chi connectivity index (χ4n) is 2.85. The summed E-state index contributed by atoms with van der Waals surface area (Å²) in [5.74, 6) is 2.02. The van der Waals surface area contributed by atoms with Crippen molar-refractivity contribution in [1.82, 2.24) is 25.5 Å². The first-order chi connectivity index (χ1) is 15.5. The molecule has 0 aliphatic heterocycles. The van der Waals surface area contributed by atoms with Gasteiger partial charge in [0.2, 0.25) is 5.16 Å².